The molecule has 120 valence electrons. The summed E-state index contributed by atoms with van der Waals surface area (Å²) in [6, 6.07) is 4.03. The van der Waals surface area contributed by atoms with Crippen molar-refractivity contribution in [3.05, 3.63) is 29.1 Å². The smallest absolute Gasteiger partial charge is 0.243 e. The highest BCUT2D eigenvalue weighted by molar-refractivity contribution is 7.89. The molecule has 0 amide bonds. The second kappa shape index (κ2) is 6.71. The first-order valence-electron chi connectivity index (χ1n) is 6.93. The van der Waals surface area contributed by atoms with Crippen molar-refractivity contribution in [2.45, 2.75) is 11.8 Å². The highest BCUT2D eigenvalue weighted by Gasteiger charge is 2.30. The van der Waals surface area contributed by atoms with Crippen molar-refractivity contribution in [1.82, 2.24) is 9.21 Å². The number of aliphatic hydroxyl groups excluding tert-OH is 1. The fraction of sp³-hybridized carbons (Fsp3) is 0.500. The Balaban J connectivity index is 2.29. The van der Waals surface area contributed by atoms with Gasteiger partial charge in [-0.25, -0.2) is 12.8 Å². The summed E-state index contributed by atoms with van der Waals surface area (Å²) in [7, 11) is -3.83. The van der Waals surface area contributed by atoms with Crippen LogP contribution in [-0.2, 0) is 10.0 Å². The summed E-state index contributed by atoms with van der Waals surface area (Å²) in [5.74, 6) is -0.698. The largest absolute Gasteiger partial charge is 0.395 e. The molecule has 0 spiro atoms. The van der Waals surface area contributed by atoms with E-state index in [0.717, 1.165) is 6.07 Å². The Labute approximate surface area is 129 Å². The van der Waals surface area contributed by atoms with Crippen molar-refractivity contribution in [1.29, 1.82) is 5.26 Å². The van der Waals surface area contributed by atoms with E-state index in [2.05, 4.69) is 0 Å². The second-order valence-electron chi connectivity index (χ2n) is 5.16. The summed E-state index contributed by atoms with van der Waals surface area (Å²) in [6.07, 6.45) is 0. The molecule has 0 aliphatic carbocycles. The van der Waals surface area contributed by atoms with E-state index in [1.807, 2.05) is 4.90 Å². The van der Waals surface area contributed by atoms with E-state index >= 15 is 0 Å². The van der Waals surface area contributed by atoms with Gasteiger partial charge in [0.1, 0.15) is 5.82 Å². The highest BCUT2D eigenvalue weighted by Crippen LogP contribution is 2.24. The van der Waals surface area contributed by atoms with E-state index in [9.17, 15) is 12.8 Å². The maximum Gasteiger partial charge on any atom is 0.243 e. The fourth-order valence-corrected chi connectivity index (χ4v) is 4.14. The highest BCUT2D eigenvalue weighted by atomic mass is 32.2. The van der Waals surface area contributed by atoms with Crippen LogP contribution in [0.15, 0.2) is 17.0 Å². The first-order chi connectivity index (χ1) is 10.4. The first-order valence-corrected chi connectivity index (χ1v) is 8.37. The molecule has 0 saturated carbocycles. The van der Waals surface area contributed by atoms with Gasteiger partial charge < -0.3 is 5.11 Å². The Hall–Kier alpha value is -1.53. The zero-order valence-electron chi connectivity index (χ0n) is 12.3. The molecule has 8 heteroatoms. The molecule has 22 heavy (non-hydrogen) atoms. The summed E-state index contributed by atoms with van der Waals surface area (Å²) in [4.78, 5) is 1.81. The zero-order chi connectivity index (χ0) is 16.3. The van der Waals surface area contributed by atoms with E-state index in [4.69, 9.17) is 10.4 Å². The van der Waals surface area contributed by atoms with Gasteiger partial charge in [0.25, 0.3) is 0 Å². The lowest BCUT2D eigenvalue weighted by atomic mass is 10.1. The molecule has 1 aromatic carbocycles. The number of benzene rings is 1. The number of aliphatic hydroxyl groups is 1. The molecule has 1 saturated heterocycles. The van der Waals surface area contributed by atoms with E-state index < -0.39 is 15.8 Å². The van der Waals surface area contributed by atoms with Crippen molar-refractivity contribution in [3.8, 4) is 6.07 Å². The van der Waals surface area contributed by atoms with Crippen LogP contribution >= 0.6 is 0 Å². The van der Waals surface area contributed by atoms with Crippen LogP contribution in [0.25, 0.3) is 0 Å². The van der Waals surface area contributed by atoms with Gasteiger partial charge in [-0.1, -0.05) is 0 Å². The topological polar surface area (TPSA) is 84.6 Å². The maximum atomic E-state index is 13.8. The molecule has 6 nitrogen and oxygen atoms in total. The van der Waals surface area contributed by atoms with Crippen molar-refractivity contribution in [2.24, 2.45) is 0 Å². The monoisotopic (exact) mass is 327 g/mol. The minimum absolute atomic E-state index is 0.0133. The number of nitrogens with zero attached hydrogens (tertiary/aromatic N) is 3. The molecule has 0 bridgehead atoms. The average molecular weight is 327 g/mol. The van der Waals surface area contributed by atoms with Crippen LogP contribution in [-0.4, -0.2) is 62.1 Å². The standard InChI is InChI=1S/C14H18FN3O3S/c1-11-13(15)8-12(10-16)9-14(11)22(20,21)18-4-2-17(3-5-18)6-7-19/h8-9,19H,2-7H2,1H3. The molecule has 1 aliphatic heterocycles. The van der Waals surface area contributed by atoms with Crippen molar-refractivity contribution < 1.29 is 17.9 Å². The molecular weight excluding hydrogens is 309 g/mol. The van der Waals surface area contributed by atoms with Gasteiger partial charge in [-0.3, -0.25) is 4.90 Å². The normalized spacial score (nSPS) is 17.4. The van der Waals surface area contributed by atoms with Crippen LogP contribution in [0.2, 0.25) is 0 Å². The van der Waals surface area contributed by atoms with Crippen molar-refractivity contribution >= 4 is 10.0 Å². The van der Waals surface area contributed by atoms with Crippen LogP contribution in [0, 0.1) is 24.1 Å². The van der Waals surface area contributed by atoms with E-state index in [1.165, 1.54) is 17.3 Å². The lowest BCUT2D eigenvalue weighted by Gasteiger charge is -2.33. The lowest BCUT2D eigenvalue weighted by molar-refractivity contribution is 0.151. The Morgan fingerprint density at radius 3 is 2.50 bits per heavy atom. The second-order valence-corrected chi connectivity index (χ2v) is 7.07. The van der Waals surface area contributed by atoms with Gasteiger partial charge in [0.2, 0.25) is 10.0 Å². The SMILES string of the molecule is Cc1c(F)cc(C#N)cc1S(=O)(=O)N1CCN(CCO)CC1. The molecular formula is C14H18FN3O3S. The van der Waals surface area contributed by atoms with E-state index in [-0.39, 0.29) is 35.7 Å². The third kappa shape index (κ3) is 3.28. The van der Waals surface area contributed by atoms with Gasteiger partial charge in [0.15, 0.2) is 0 Å². The Morgan fingerprint density at radius 2 is 1.95 bits per heavy atom. The van der Waals surface area contributed by atoms with Crippen LogP contribution in [0.4, 0.5) is 4.39 Å². The van der Waals surface area contributed by atoms with Gasteiger partial charge in [0, 0.05) is 38.3 Å². The summed E-state index contributed by atoms with van der Waals surface area (Å²) < 4.78 is 40.5. The summed E-state index contributed by atoms with van der Waals surface area (Å²) >= 11 is 0. The molecule has 1 aliphatic rings. The quantitative estimate of drug-likeness (QED) is 0.860. The predicted octanol–water partition coefficient (Wildman–Crippen LogP) is 0.304. The van der Waals surface area contributed by atoms with Gasteiger partial charge in [0.05, 0.1) is 23.1 Å². The molecule has 0 radical (unpaired) electrons. The zero-order valence-corrected chi connectivity index (χ0v) is 13.1. The number of sulfonamides is 1. The molecule has 1 heterocycles. The maximum absolute atomic E-state index is 13.8. The number of β-amino-alcohol motifs (C(OH)–C–C–N with tert-alkyl or cyclic N) is 1. The molecule has 0 aromatic heterocycles. The van der Waals surface area contributed by atoms with Crippen LogP contribution in [0.5, 0.6) is 0 Å². The number of halogens is 1. The molecule has 0 unspecified atom stereocenters. The average Bonchev–Trinajstić information content (AvgIpc) is 2.50. The molecule has 1 fully saturated rings. The van der Waals surface area contributed by atoms with Crippen molar-refractivity contribution in [3.63, 3.8) is 0 Å². The van der Waals surface area contributed by atoms with E-state index in [0.29, 0.717) is 19.6 Å². The fourth-order valence-electron chi connectivity index (χ4n) is 2.46. The number of hydrogen-bond donors (Lipinski definition) is 1. The number of rotatable bonds is 4. The number of nitriles is 1. The van der Waals surface area contributed by atoms with Crippen LogP contribution in [0.3, 0.4) is 0 Å². The van der Waals surface area contributed by atoms with Crippen LogP contribution in [0.1, 0.15) is 11.1 Å². The Bertz CT molecular complexity index is 692. The van der Waals surface area contributed by atoms with Gasteiger partial charge in [-0.15, -0.1) is 0 Å². The lowest BCUT2D eigenvalue weighted by Crippen LogP contribution is -2.49. The van der Waals surface area contributed by atoms with Gasteiger partial charge >= 0.3 is 0 Å². The molecule has 1 aromatic rings. The molecule has 0 atom stereocenters. The minimum atomic E-state index is -3.83. The van der Waals surface area contributed by atoms with Crippen LogP contribution < -0.4 is 0 Å². The Kier molecular flexibility index (Phi) is 5.13. The van der Waals surface area contributed by atoms with Gasteiger partial charge in [-0.2, -0.15) is 9.57 Å². The summed E-state index contributed by atoms with van der Waals surface area (Å²) in [5.41, 5.74) is 0.0115. The molecule has 2 rings (SSSR count). The summed E-state index contributed by atoms with van der Waals surface area (Å²) in [5, 5.41) is 17.8. The molecule has 1 N–H and O–H groups in total. The van der Waals surface area contributed by atoms with Gasteiger partial charge in [-0.05, 0) is 19.1 Å². The first kappa shape index (κ1) is 16.8. The number of piperazine rings is 1. The van der Waals surface area contributed by atoms with Crippen molar-refractivity contribution in [2.75, 3.05) is 39.3 Å². The third-order valence-electron chi connectivity index (χ3n) is 3.79. The minimum Gasteiger partial charge on any atom is -0.395 e. The van der Waals surface area contributed by atoms with E-state index in [1.54, 1.807) is 6.07 Å². The predicted molar refractivity (Wildman–Crippen MR) is 78.1 cm³/mol. The Morgan fingerprint density at radius 1 is 1.32 bits per heavy atom. The number of hydrogen-bond acceptors (Lipinski definition) is 5. The summed E-state index contributed by atoms with van der Waals surface area (Å²) in [6.45, 7) is 3.51. The third-order valence-corrected chi connectivity index (χ3v) is 5.82.